The Hall–Kier alpha value is -1.96. The van der Waals surface area contributed by atoms with E-state index in [4.69, 9.17) is 5.11 Å². The SMILES string of the molecule is O=C(O)c1ncsc1NCCc1ncon1. The number of carbonyl (C=O) groups is 1. The summed E-state index contributed by atoms with van der Waals surface area (Å²) in [5, 5.41) is 15.9. The van der Waals surface area contributed by atoms with E-state index in [0.29, 0.717) is 23.8 Å². The Morgan fingerprint density at radius 1 is 1.56 bits per heavy atom. The van der Waals surface area contributed by atoms with Gasteiger partial charge in [0, 0.05) is 13.0 Å². The molecule has 0 spiro atoms. The molecule has 8 heteroatoms. The van der Waals surface area contributed by atoms with Crippen molar-refractivity contribution < 1.29 is 14.4 Å². The van der Waals surface area contributed by atoms with Crippen LogP contribution >= 0.6 is 11.3 Å². The zero-order valence-corrected chi connectivity index (χ0v) is 8.90. The number of anilines is 1. The first-order chi connectivity index (χ1) is 7.77. The summed E-state index contributed by atoms with van der Waals surface area (Å²) in [4.78, 5) is 18.3. The highest BCUT2D eigenvalue weighted by atomic mass is 32.1. The van der Waals surface area contributed by atoms with Crippen LogP contribution in [-0.4, -0.2) is 32.7 Å². The minimum absolute atomic E-state index is 0.0399. The molecule has 2 aromatic rings. The maximum atomic E-state index is 10.7. The lowest BCUT2D eigenvalue weighted by atomic mass is 10.4. The Bertz CT molecular complexity index is 467. The predicted octanol–water partition coefficient (Wildman–Crippen LogP) is 0.879. The van der Waals surface area contributed by atoms with E-state index >= 15 is 0 Å². The Balaban J connectivity index is 1.90. The fourth-order valence-corrected chi connectivity index (χ4v) is 1.81. The normalized spacial score (nSPS) is 10.2. The van der Waals surface area contributed by atoms with Gasteiger partial charge in [-0.3, -0.25) is 0 Å². The van der Waals surface area contributed by atoms with Crippen LogP contribution in [0.25, 0.3) is 0 Å². The molecule has 7 nitrogen and oxygen atoms in total. The summed E-state index contributed by atoms with van der Waals surface area (Å²) in [6, 6.07) is 0. The maximum absolute atomic E-state index is 10.7. The second-order valence-electron chi connectivity index (χ2n) is 2.86. The molecule has 2 rings (SSSR count). The molecule has 0 fully saturated rings. The first kappa shape index (κ1) is 10.6. The maximum Gasteiger partial charge on any atom is 0.357 e. The summed E-state index contributed by atoms with van der Waals surface area (Å²) in [6.45, 7) is 0.530. The monoisotopic (exact) mass is 240 g/mol. The third kappa shape index (κ3) is 2.34. The van der Waals surface area contributed by atoms with E-state index in [1.807, 2.05) is 0 Å². The van der Waals surface area contributed by atoms with Gasteiger partial charge < -0.3 is 14.9 Å². The average Bonchev–Trinajstić information content (AvgIpc) is 2.87. The molecule has 0 aliphatic rings. The zero-order chi connectivity index (χ0) is 11.4. The van der Waals surface area contributed by atoms with Gasteiger partial charge in [-0.2, -0.15) is 4.98 Å². The number of carboxylic acids is 1. The van der Waals surface area contributed by atoms with Gasteiger partial charge in [0.1, 0.15) is 5.00 Å². The molecule has 84 valence electrons. The smallest absolute Gasteiger partial charge is 0.357 e. The van der Waals surface area contributed by atoms with Crippen LogP contribution < -0.4 is 5.32 Å². The van der Waals surface area contributed by atoms with Crippen LogP contribution in [0.3, 0.4) is 0 Å². The number of aromatic nitrogens is 3. The number of nitrogens with one attached hydrogen (secondary N) is 1. The second kappa shape index (κ2) is 4.71. The molecule has 0 saturated carbocycles. The minimum atomic E-state index is -1.04. The fourth-order valence-electron chi connectivity index (χ4n) is 1.11. The van der Waals surface area contributed by atoms with Crippen LogP contribution in [0.15, 0.2) is 16.4 Å². The number of hydrogen-bond acceptors (Lipinski definition) is 7. The largest absolute Gasteiger partial charge is 0.476 e. The van der Waals surface area contributed by atoms with Crippen LogP contribution in [-0.2, 0) is 6.42 Å². The van der Waals surface area contributed by atoms with Gasteiger partial charge in [-0.25, -0.2) is 9.78 Å². The summed E-state index contributed by atoms with van der Waals surface area (Å²) in [6.07, 6.45) is 1.82. The summed E-state index contributed by atoms with van der Waals surface area (Å²) in [7, 11) is 0. The third-order valence-electron chi connectivity index (χ3n) is 1.81. The number of nitrogens with zero attached hydrogens (tertiary/aromatic N) is 3. The van der Waals surface area contributed by atoms with Crippen LogP contribution in [0.2, 0.25) is 0 Å². The lowest BCUT2D eigenvalue weighted by Gasteiger charge is -2.01. The van der Waals surface area contributed by atoms with E-state index in [2.05, 4.69) is 25.0 Å². The molecule has 0 aliphatic carbocycles. The highest BCUT2D eigenvalue weighted by Gasteiger charge is 2.12. The van der Waals surface area contributed by atoms with Crippen molar-refractivity contribution in [2.45, 2.75) is 6.42 Å². The van der Waals surface area contributed by atoms with Crippen molar-refractivity contribution in [2.24, 2.45) is 0 Å². The van der Waals surface area contributed by atoms with Crippen molar-refractivity contribution in [1.29, 1.82) is 0 Å². The molecule has 0 bridgehead atoms. The summed E-state index contributed by atoms with van der Waals surface area (Å²) >= 11 is 1.25. The summed E-state index contributed by atoms with van der Waals surface area (Å²) < 4.78 is 4.57. The Morgan fingerprint density at radius 2 is 2.44 bits per heavy atom. The first-order valence-electron chi connectivity index (χ1n) is 4.43. The molecule has 0 amide bonds. The van der Waals surface area contributed by atoms with Crippen molar-refractivity contribution in [3.8, 4) is 0 Å². The highest BCUT2D eigenvalue weighted by molar-refractivity contribution is 7.14. The van der Waals surface area contributed by atoms with Crippen molar-refractivity contribution in [1.82, 2.24) is 15.1 Å². The van der Waals surface area contributed by atoms with Crippen molar-refractivity contribution in [3.63, 3.8) is 0 Å². The molecule has 0 radical (unpaired) electrons. The van der Waals surface area contributed by atoms with Crippen LogP contribution in [0.1, 0.15) is 16.3 Å². The standard InChI is InChI=1S/C8H8N4O3S/c13-8(14)6-7(16-4-11-6)9-2-1-5-10-3-15-12-5/h3-4,9H,1-2H2,(H,13,14). The molecule has 0 aromatic carbocycles. The van der Waals surface area contributed by atoms with Crippen molar-refractivity contribution in [2.75, 3.05) is 11.9 Å². The first-order valence-corrected chi connectivity index (χ1v) is 5.31. The zero-order valence-electron chi connectivity index (χ0n) is 8.08. The van der Waals surface area contributed by atoms with Gasteiger partial charge in [-0.15, -0.1) is 11.3 Å². The summed E-state index contributed by atoms with van der Waals surface area (Å²) in [5.41, 5.74) is 1.53. The molecule has 2 heterocycles. The Labute approximate surface area is 94.1 Å². The fraction of sp³-hybridized carbons (Fsp3) is 0.250. The van der Waals surface area contributed by atoms with Crippen LogP contribution in [0.5, 0.6) is 0 Å². The predicted molar refractivity (Wildman–Crippen MR) is 55.6 cm³/mol. The molecular formula is C8H8N4O3S. The highest BCUT2D eigenvalue weighted by Crippen LogP contribution is 2.19. The number of aromatic carboxylic acids is 1. The van der Waals surface area contributed by atoms with E-state index in [-0.39, 0.29) is 5.69 Å². The van der Waals surface area contributed by atoms with Crippen molar-refractivity contribution >= 4 is 22.3 Å². The molecule has 2 aromatic heterocycles. The number of rotatable bonds is 5. The van der Waals surface area contributed by atoms with E-state index in [1.54, 1.807) is 0 Å². The van der Waals surface area contributed by atoms with Gasteiger partial charge >= 0.3 is 5.97 Å². The number of carboxylic acid groups (broad SMARTS) is 1. The van der Waals surface area contributed by atoms with E-state index in [0.717, 1.165) is 0 Å². The Kier molecular flexibility index (Phi) is 3.10. The second-order valence-corrected chi connectivity index (χ2v) is 3.71. The van der Waals surface area contributed by atoms with Crippen LogP contribution in [0.4, 0.5) is 5.00 Å². The topological polar surface area (TPSA) is 101 Å². The summed E-state index contributed by atoms with van der Waals surface area (Å²) in [5.74, 6) is -0.461. The van der Waals surface area contributed by atoms with Gasteiger partial charge in [0.15, 0.2) is 11.5 Å². The Morgan fingerprint density at radius 3 is 3.12 bits per heavy atom. The van der Waals surface area contributed by atoms with Gasteiger partial charge in [0.2, 0.25) is 6.39 Å². The number of hydrogen-bond donors (Lipinski definition) is 2. The molecule has 0 atom stereocenters. The van der Waals surface area contributed by atoms with Gasteiger partial charge in [-0.1, -0.05) is 5.16 Å². The molecular weight excluding hydrogens is 232 g/mol. The lowest BCUT2D eigenvalue weighted by molar-refractivity contribution is 0.0692. The molecule has 16 heavy (non-hydrogen) atoms. The lowest BCUT2D eigenvalue weighted by Crippen LogP contribution is -2.08. The van der Waals surface area contributed by atoms with Crippen molar-refractivity contribution in [3.05, 3.63) is 23.4 Å². The van der Waals surface area contributed by atoms with E-state index in [9.17, 15) is 4.79 Å². The van der Waals surface area contributed by atoms with Gasteiger partial charge in [-0.05, 0) is 0 Å². The minimum Gasteiger partial charge on any atom is -0.476 e. The van der Waals surface area contributed by atoms with Crippen LogP contribution in [0, 0.1) is 0 Å². The third-order valence-corrected chi connectivity index (χ3v) is 2.60. The number of thiazole rings is 1. The van der Waals surface area contributed by atoms with E-state index < -0.39 is 5.97 Å². The van der Waals surface area contributed by atoms with Gasteiger partial charge in [0.25, 0.3) is 0 Å². The molecule has 0 unspecified atom stereocenters. The molecule has 2 N–H and O–H groups in total. The van der Waals surface area contributed by atoms with E-state index in [1.165, 1.54) is 23.2 Å². The molecule has 0 aliphatic heterocycles. The quantitative estimate of drug-likeness (QED) is 0.799. The van der Waals surface area contributed by atoms with Gasteiger partial charge in [0.05, 0.1) is 5.51 Å². The molecule has 0 saturated heterocycles. The average molecular weight is 240 g/mol.